The summed E-state index contributed by atoms with van der Waals surface area (Å²) in [4.78, 5) is 3.33. The molecule has 0 bridgehead atoms. The van der Waals surface area contributed by atoms with Crippen LogP contribution in [0, 0.1) is 6.20 Å². The van der Waals surface area contributed by atoms with E-state index >= 15 is 0 Å². The fraction of sp³-hybridized carbons (Fsp3) is 0.167. The van der Waals surface area contributed by atoms with E-state index in [0.717, 1.165) is 18.3 Å². The second kappa shape index (κ2) is 5.65. The zero-order valence-electron chi connectivity index (χ0n) is 5.90. The van der Waals surface area contributed by atoms with Crippen LogP contribution in [0.25, 0.3) is 0 Å². The molecule has 1 nitrogen and oxygen atoms in total. The number of hydrogen-bond acceptors (Lipinski definition) is 1. The Morgan fingerprint density at radius 1 is 1.42 bits per heavy atom. The van der Waals surface area contributed by atoms with Crippen molar-refractivity contribution in [1.82, 2.24) is 4.98 Å². The van der Waals surface area contributed by atoms with Crippen LogP contribution in [0.1, 0.15) is 5.56 Å². The van der Waals surface area contributed by atoms with E-state index in [0.29, 0.717) is 0 Å². The van der Waals surface area contributed by atoms with Crippen LogP contribution >= 0.6 is 13.6 Å². The molecule has 0 atom stereocenters. The topological polar surface area (TPSA) is 12.9 Å². The quantitative estimate of drug-likeness (QED) is 0.529. The Labute approximate surface area is 84.4 Å². The Bertz CT molecular complexity index is 214. The van der Waals surface area contributed by atoms with Crippen molar-refractivity contribution >= 4 is 13.6 Å². The van der Waals surface area contributed by atoms with Crippen LogP contribution in [-0.2, 0) is 22.5 Å². The van der Waals surface area contributed by atoms with Crippen molar-refractivity contribution in [3.05, 3.63) is 30.1 Å². The van der Waals surface area contributed by atoms with Gasteiger partial charge < -0.3 is 4.98 Å². The Morgan fingerprint density at radius 3 is 2.25 bits per heavy atom. The summed E-state index contributed by atoms with van der Waals surface area (Å²) in [5.41, 5.74) is -0.720. The number of rotatable bonds is 0. The van der Waals surface area contributed by atoms with Crippen molar-refractivity contribution < 1.29 is 29.5 Å². The number of hydrogen-bond donors (Lipinski definition) is 0. The summed E-state index contributed by atoms with van der Waals surface area (Å²) in [6.07, 6.45) is -1.12. The van der Waals surface area contributed by atoms with Crippen molar-refractivity contribution in [2.24, 2.45) is 0 Å². The molecule has 0 saturated heterocycles. The van der Waals surface area contributed by atoms with E-state index in [1.807, 2.05) is 0 Å². The van der Waals surface area contributed by atoms with Crippen LogP contribution in [0.3, 0.4) is 0 Å². The molecule has 1 aromatic heterocycles. The van der Waals surface area contributed by atoms with Crippen LogP contribution in [-0.4, -0.2) is 4.98 Å². The summed E-state index contributed by atoms with van der Waals surface area (Å²) in [5.74, 6) is 0. The third-order valence-corrected chi connectivity index (χ3v) is 0.951. The molecule has 0 N–H and O–H groups in total. The van der Waals surface area contributed by atoms with Crippen molar-refractivity contribution in [2.75, 3.05) is 0 Å². The van der Waals surface area contributed by atoms with Gasteiger partial charge in [0.2, 0.25) is 0 Å². The van der Waals surface area contributed by atoms with Gasteiger partial charge in [-0.05, 0) is 0 Å². The molecule has 6 heteroatoms. The fourth-order valence-electron chi connectivity index (χ4n) is 0.492. The first-order valence-electron chi connectivity index (χ1n) is 2.77. The normalized spacial score (nSPS) is 10.2. The second-order valence-corrected chi connectivity index (χ2v) is 1.67. The monoisotopic (exact) mass is 289 g/mol. The molecule has 0 unspecified atom stereocenters. The van der Waals surface area contributed by atoms with E-state index in [-0.39, 0.29) is 0 Å². The molecule has 12 heavy (non-hydrogen) atoms. The van der Waals surface area contributed by atoms with Gasteiger partial charge in [-0.3, -0.25) is 0 Å². The van der Waals surface area contributed by atoms with Gasteiger partial charge in [-0.25, -0.2) is 0 Å². The van der Waals surface area contributed by atoms with Crippen LogP contribution in [0.2, 0.25) is 0 Å². The second-order valence-electron chi connectivity index (χ2n) is 1.67. The maximum absolute atomic E-state index is 11.7. The molecular weight excluding hydrogens is 288 g/mol. The van der Waals surface area contributed by atoms with Crippen molar-refractivity contribution in [3.63, 3.8) is 0 Å². The Kier molecular flexibility index (Phi) is 5.67. The molecule has 0 saturated carbocycles. The summed E-state index contributed by atoms with van der Waals surface area (Å²) in [6, 6.07) is 1.70. The van der Waals surface area contributed by atoms with Gasteiger partial charge in [0.05, 0.1) is 0 Å². The molecular formula is C6H3BrF3NZn. The summed E-state index contributed by atoms with van der Waals surface area (Å²) < 4.78 is 35.2. The van der Waals surface area contributed by atoms with E-state index in [2.05, 4.69) is 24.8 Å². The number of nitrogens with zero attached hydrogens (tertiary/aromatic N) is 1. The van der Waals surface area contributed by atoms with Gasteiger partial charge in [0, 0.05) is 0 Å². The van der Waals surface area contributed by atoms with Gasteiger partial charge in [-0.2, -0.15) is 13.2 Å². The Hall–Kier alpha value is 0.0434. The minimum absolute atomic E-state index is 0.720. The van der Waals surface area contributed by atoms with Gasteiger partial charge in [0.1, 0.15) is 0 Å². The van der Waals surface area contributed by atoms with E-state index in [1.165, 1.54) is 16.3 Å². The van der Waals surface area contributed by atoms with Gasteiger partial charge in [0.25, 0.3) is 0 Å². The van der Waals surface area contributed by atoms with Gasteiger partial charge in [-0.15, -0.1) is 12.1 Å². The number of halogens is 4. The Balaban J connectivity index is 0.000000561. The van der Waals surface area contributed by atoms with Gasteiger partial charge in [0.15, 0.2) is 0 Å². The number of alkyl halides is 3. The molecule has 1 aromatic rings. The summed E-state index contributed by atoms with van der Waals surface area (Å²) >= 11 is 4.25. The molecule has 0 radical (unpaired) electrons. The van der Waals surface area contributed by atoms with Crippen LogP contribution in [0.15, 0.2) is 18.3 Å². The van der Waals surface area contributed by atoms with Crippen molar-refractivity contribution in [1.29, 1.82) is 0 Å². The third kappa shape index (κ3) is 4.16. The first kappa shape index (κ1) is 12.0. The molecule has 0 aliphatic heterocycles. The SMILES string of the molecule is FC(F)(F)c1c[c-]ncc1.[Zn+][Br]. The molecule has 0 amide bonds. The third-order valence-electron chi connectivity index (χ3n) is 0.951. The maximum atomic E-state index is 11.7. The molecule has 1 heterocycles. The first-order valence-corrected chi connectivity index (χ1v) is 9.71. The van der Waals surface area contributed by atoms with Gasteiger partial charge >= 0.3 is 36.1 Å². The molecule has 0 spiro atoms. The van der Waals surface area contributed by atoms with Crippen LogP contribution in [0.5, 0.6) is 0 Å². The fourth-order valence-corrected chi connectivity index (χ4v) is 0.492. The summed E-state index contributed by atoms with van der Waals surface area (Å²) in [7, 11) is 0. The molecule has 0 fully saturated rings. The summed E-state index contributed by atoms with van der Waals surface area (Å²) in [5, 5.41) is 0. The summed E-state index contributed by atoms with van der Waals surface area (Å²) in [6.45, 7) is 0. The number of pyridine rings is 1. The van der Waals surface area contributed by atoms with E-state index in [4.69, 9.17) is 0 Å². The molecule has 1 rings (SSSR count). The molecule has 0 aromatic carbocycles. The average molecular weight is 291 g/mol. The zero-order valence-corrected chi connectivity index (χ0v) is 10.5. The van der Waals surface area contributed by atoms with Crippen LogP contribution < -0.4 is 0 Å². The van der Waals surface area contributed by atoms with E-state index < -0.39 is 11.7 Å². The Morgan fingerprint density at radius 2 is 2.00 bits per heavy atom. The predicted octanol–water partition coefficient (Wildman–Crippen LogP) is 2.74. The number of aromatic nitrogens is 1. The van der Waals surface area contributed by atoms with Crippen molar-refractivity contribution in [3.8, 4) is 0 Å². The molecule has 62 valence electrons. The standard InChI is InChI=1S/C6H3F3N.BrH.Zn/c7-6(8,9)5-1-3-10-4-2-5;;/h1-3H;1H;/q-1;;+2/p-1. The minimum atomic E-state index is -4.28. The molecule has 0 aliphatic rings. The van der Waals surface area contributed by atoms with E-state index in [1.54, 1.807) is 0 Å². The first-order chi connectivity index (χ1) is 5.61. The average Bonchev–Trinajstić information content (AvgIpc) is 2.08. The molecule has 0 aliphatic carbocycles. The van der Waals surface area contributed by atoms with E-state index in [9.17, 15) is 13.2 Å². The van der Waals surface area contributed by atoms with Crippen LogP contribution in [0.4, 0.5) is 13.2 Å². The zero-order chi connectivity index (χ0) is 9.61. The van der Waals surface area contributed by atoms with Gasteiger partial charge in [-0.1, -0.05) is 18.0 Å². The van der Waals surface area contributed by atoms with Crippen molar-refractivity contribution in [2.45, 2.75) is 6.18 Å². The predicted molar refractivity (Wildman–Crippen MR) is 37.0 cm³/mol.